The van der Waals surface area contributed by atoms with Crippen LogP contribution in [0, 0.1) is 13.8 Å². The molecule has 0 saturated heterocycles. The molecule has 0 aliphatic heterocycles. The lowest BCUT2D eigenvalue weighted by Gasteiger charge is -2.13. The van der Waals surface area contributed by atoms with Gasteiger partial charge in [0.15, 0.2) is 5.75 Å². The first-order chi connectivity index (χ1) is 15.0. The Morgan fingerprint density at radius 2 is 1.58 bits per heavy atom. The smallest absolute Gasteiger partial charge is 0.251 e. The lowest BCUT2D eigenvalue weighted by molar-refractivity contribution is -0.115. The summed E-state index contributed by atoms with van der Waals surface area (Å²) in [5, 5.41) is 5.43. The number of carbonyl (C=O) groups excluding carboxylic acids is 2. The molecule has 0 radical (unpaired) electrons. The first-order valence-corrected chi connectivity index (χ1v) is 10.1. The topological polar surface area (TPSA) is 76.7 Å². The third-order valence-electron chi connectivity index (χ3n) is 4.70. The van der Waals surface area contributed by atoms with Crippen LogP contribution in [-0.2, 0) is 4.79 Å². The van der Waals surface area contributed by atoms with Crippen LogP contribution in [0.1, 0.15) is 28.4 Å². The van der Waals surface area contributed by atoms with Crippen LogP contribution >= 0.6 is 0 Å². The van der Waals surface area contributed by atoms with Crippen LogP contribution in [0.25, 0.3) is 0 Å². The fourth-order valence-electron chi connectivity index (χ4n) is 2.90. The molecular weight excluding hydrogens is 392 g/mol. The third kappa shape index (κ3) is 6.09. The monoisotopic (exact) mass is 418 g/mol. The first-order valence-electron chi connectivity index (χ1n) is 10.1. The van der Waals surface area contributed by atoms with Gasteiger partial charge in [-0.3, -0.25) is 9.59 Å². The number of hydrogen-bond acceptors (Lipinski definition) is 4. The molecule has 0 aliphatic carbocycles. The van der Waals surface area contributed by atoms with Gasteiger partial charge in [-0.25, -0.2) is 0 Å². The Hall–Kier alpha value is -3.80. The molecule has 3 rings (SSSR count). The number of carbonyl (C=O) groups is 2. The quantitative estimate of drug-likeness (QED) is 0.548. The van der Waals surface area contributed by atoms with E-state index in [-0.39, 0.29) is 18.4 Å². The molecule has 0 atom stereocenters. The molecule has 0 bridgehead atoms. The van der Waals surface area contributed by atoms with Gasteiger partial charge in [0.1, 0.15) is 11.5 Å². The van der Waals surface area contributed by atoms with Crippen LogP contribution in [0.5, 0.6) is 17.2 Å². The van der Waals surface area contributed by atoms with E-state index in [9.17, 15) is 9.59 Å². The van der Waals surface area contributed by atoms with Crippen molar-refractivity contribution in [3.8, 4) is 17.2 Å². The van der Waals surface area contributed by atoms with Gasteiger partial charge in [-0.1, -0.05) is 18.2 Å². The number of benzene rings is 3. The van der Waals surface area contributed by atoms with E-state index in [1.165, 1.54) is 0 Å². The van der Waals surface area contributed by atoms with Crippen molar-refractivity contribution in [2.45, 2.75) is 20.8 Å². The minimum atomic E-state index is -0.347. The summed E-state index contributed by atoms with van der Waals surface area (Å²) in [6.07, 6.45) is 0. The molecule has 3 aromatic rings. The largest absolute Gasteiger partial charge is 0.494 e. The molecule has 31 heavy (non-hydrogen) atoms. The second kappa shape index (κ2) is 10.3. The van der Waals surface area contributed by atoms with E-state index in [0.717, 1.165) is 16.9 Å². The van der Waals surface area contributed by atoms with E-state index in [2.05, 4.69) is 10.6 Å². The highest BCUT2D eigenvalue weighted by atomic mass is 16.5. The van der Waals surface area contributed by atoms with Gasteiger partial charge in [0, 0.05) is 5.56 Å². The van der Waals surface area contributed by atoms with Gasteiger partial charge in [-0.2, -0.15) is 0 Å². The summed E-state index contributed by atoms with van der Waals surface area (Å²) in [5.74, 6) is 1.24. The highest BCUT2D eigenvalue weighted by molar-refractivity contribution is 6.00. The van der Waals surface area contributed by atoms with Gasteiger partial charge in [0.25, 0.3) is 5.91 Å². The summed E-state index contributed by atoms with van der Waals surface area (Å²) in [7, 11) is 0. The van der Waals surface area contributed by atoms with Gasteiger partial charge in [0.05, 0.1) is 18.8 Å². The Bertz CT molecular complexity index is 1060. The maximum Gasteiger partial charge on any atom is 0.251 e. The second-order valence-electron chi connectivity index (χ2n) is 7.03. The molecule has 160 valence electrons. The van der Waals surface area contributed by atoms with E-state index in [0.29, 0.717) is 29.4 Å². The number of ether oxygens (including phenoxy) is 2. The molecule has 0 saturated carbocycles. The predicted molar refractivity (Wildman–Crippen MR) is 121 cm³/mol. The summed E-state index contributed by atoms with van der Waals surface area (Å²) >= 11 is 0. The zero-order chi connectivity index (χ0) is 22.2. The zero-order valence-electron chi connectivity index (χ0n) is 17.9. The summed E-state index contributed by atoms with van der Waals surface area (Å²) in [6.45, 7) is 6.29. The summed E-state index contributed by atoms with van der Waals surface area (Å²) in [6, 6.07) is 19.8. The second-order valence-corrected chi connectivity index (χ2v) is 7.03. The molecular formula is C25H26N2O4. The standard InChI is InChI=1S/C25H26N2O4/c1-4-30-20-11-13-21(14-12-20)31-23-8-6-5-7-22(23)27-24(28)16-26-25(29)19-10-9-17(2)18(3)15-19/h5-15H,4,16H2,1-3H3,(H,26,29)(H,27,28). The van der Waals surface area contributed by atoms with E-state index >= 15 is 0 Å². The molecule has 0 heterocycles. The minimum Gasteiger partial charge on any atom is -0.494 e. The van der Waals surface area contributed by atoms with Crippen molar-refractivity contribution in [3.05, 3.63) is 83.4 Å². The molecule has 0 spiro atoms. The normalized spacial score (nSPS) is 10.3. The van der Waals surface area contributed by atoms with Crippen molar-refractivity contribution in [3.63, 3.8) is 0 Å². The maximum absolute atomic E-state index is 12.4. The minimum absolute atomic E-state index is 0.150. The van der Waals surface area contributed by atoms with Crippen LogP contribution in [-0.4, -0.2) is 25.0 Å². The molecule has 2 N–H and O–H groups in total. The molecule has 6 heteroatoms. The lowest BCUT2D eigenvalue weighted by atomic mass is 10.1. The van der Waals surface area contributed by atoms with Crippen molar-refractivity contribution >= 4 is 17.5 Å². The van der Waals surface area contributed by atoms with Gasteiger partial charge in [-0.15, -0.1) is 0 Å². The van der Waals surface area contributed by atoms with Crippen molar-refractivity contribution in [1.29, 1.82) is 0 Å². The van der Waals surface area contributed by atoms with Gasteiger partial charge < -0.3 is 20.1 Å². The van der Waals surface area contributed by atoms with Crippen molar-refractivity contribution in [1.82, 2.24) is 5.32 Å². The summed E-state index contributed by atoms with van der Waals surface area (Å²) < 4.78 is 11.3. The number of hydrogen-bond donors (Lipinski definition) is 2. The fraction of sp³-hybridized carbons (Fsp3) is 0.200. The van der Waals surface area contributed by atoms with Crippen LogP contribution in [0.3, 0.4) is 0 Å². The van der Waals surface area contributed by atoms with Crippen LogP contribution < -0.4 is 20.1 Å². The average Bonchev–Trinajstić information content (AvgIpc) is 2.77. The van der Waals surface area contributed by atoms with Gasteiger partial charge in [-0.05, 0) is 80.4 Å². The van der Waals surface area contributed by atoms with E-state index < -0.39 is 0 Å². The van der Waals surface area contributed by atoms with Crippen LogP contribution in [0.2, 0.25) is 0 Å². The Kier molecular flexibility index (Phi) is 7.27. The van der Waals surface area contributed by atoms with Gasteiger partial charge >= 0.3 is 0 Å². The maximum atomic E-state index is 12.4. The Labute approximate surface area is 182 Å². The van der Waals surface area contributed by atoms with E-state index in [4.69, 9.17) is 9.47 Å². The number of aryl methyl sites for hydroxylation is 2. The first kappa shape index (κ1) is 21.9. The molecule has 0 aromatic heterocycles. The van der Waals surface area contributed by atoms with Gasteiger partial charge in [0.2, 0.25) is 5.91 Å². The Morgan fingerprint density at radius 1 is 0.871 bits per heavy atom. The summed E-state index contributed by atoms with van der Waals surface area (Å²) in [4.78, 5) is 24.7. The molecule has 3 aromatic carbocycles. The fourth-order valence-corrected chi connectivity index (χ4v) is 2.90. The Morgan fingerprint density at radius 3 is 2.29 bits per heavy atom. The molecule has 2 amide bonds. The average molecular weight is 418 g/mol. The van der Waals surface area contributed by atoms with Crippen molar-refractivity contribution in [2.75, 3.05) is 18.5 Å². The Balaban J connectivity index is 1.60. The molecule has 0 unspecified atom stereocenters. The zero-order valence-corrected chi connectivity index (χ0v) is 17.9. The van der Waals surface area contributed by atoms with Crippen LogP contribution in [0.4, 0.5) is 5.69 Å². The number of anilines is 1. The number of amides is 2. The van der Waals surface area contributed by atoms with Crippen molar-refractivity contribution < 1.29 is 19.1 Å². The molecule has 0 aliphatic rings. The lowest BCUT2D eigenvalue weighted by Crippen LogP contribution is -2.33. The van der Waals surface area contributed by atoms with Crippen LogP contribution in [0.15, 0.2) is 66.7 Å². The molecule has 0 fully saturated rings. The predicted octanol–water partition coefficient (Wildman–Crippen LogP) is 4.86. The summed E-state index contributed by atoms with van der Waals surface area (Å²) in [5.41, 5.74) is 3.17. The number of para-hydroxylation sites is 2. The van der Waals surface area contributed by atoms with Crippen molar-refractivity contribution in [2.24, 2.45) is 0 Å². The van der Waals surface area contributed by atoms with E-state index in [1.807, 2.05) is 51.1 Å². The van der Waals surface area contributed by atoms with E-state index in [1.54, 1.807) is 36.4 Å². The number of rotatable bonds is 8. The highest BCUT2D eigenvalue weighted by Gasteiger charge is 2.12. The number of nitrogens with one attached hydrogen (secondary N) is 2. The SMILES string of the molecule is CCOc1ccc(Oc2ccccc2NC(=O)CNC(=O)c2ccc(C)c(C)c2)cc1. The molecule has 6 nitrogen and oxygen atoms in total. The highest BCUT2D eigenvalue weighted by Crippen LogP contribution is 2.30. The third-order valence-corrected chi connectivity index (χ3v) is 4.70.